The van der Waals surface area contributed by atoms with Crippen molar-refractivity contribution in [2.75, 3.05) is 11.9 Å². The first-order valence-corrected chi connectivity index (χ1v) is 11.4. The summed E-state index contributed by atoms with van der Waals surface area (Å²) in [6.07, 6.45) is 3.29. The van der Waals surface area contributed by atoms with E-state index in [2.05, 4.69) is 20.6 Å². The van der Waals surface area contributed by atoms with Gasteiger partial charge >= 0.3 is 0 Å². The first-order chi connectivity index (χ1) is 17.0. The Morgan fingerprint density at radius 3 is 2.57 bits per heavy atom. The Bertz CT molecular complexity index is 1430. The van der Waals surface area contributed by atoms with Crippen molar-refractivity contribution in [1.29, 1.82) is 0 Å². The average Bonchev–Trinajstić information content (AvgIpc) is 3.51. The van der Waals surface area contributed by atoms with Gasteiger partial charge < -0.3 is 20.7 Å². The lowest BCUT2D eigenvalue weighted by Crippen LogP contribution is -2.30. The molecule has 0 unspecified atom stereocenters. The largest absolute Gasteiger partial charge is 0.394 e. The highest BCUT2D eigenvalue weighted by Crippen LogP contribution is 2.40. The number of aliphatic hydroxyl groups excluding tert-OH is 1. The molecule has 35 heavy (non-hydrogen) atoms. The number of anilines is 1. The van der Waals surface area contributed by atoms with E-state index >= 15 is 0 Å². The van der Waals surface area contributed by atoms with Crippen molar-refractivity contribution in [3.8, 4) is 0 Å². The maximum absolute atomic E-state index is 13.1. The molecule has 5 rings (SSSR count). The molecule has 0 spiro atoms. The van der Waals surface area contributed by atoms with Crippen LogP contribution in [0.3, 0.4) is 0 Å². The molecule has 0 saturated heterocycles. The van der Waals surface area contributed by atoms with Gasteiger partial charge in [-0.15, -0.1) is 0 Å². The fraction of sp³-hybridized carbons (Fsp3) is 0.0741. The second-order valence-electron chi connectivity index (χ2n) is 8.03. The molecule has 3 aromatic carbocycles. The predicted molar refractivity (Wildman–Crippen MR) is 135 cm³/mol. The lowest BCUT2D eigenvalue weighted by Gasteiger charge is -2.17. The monoisotopic (exact) mass is 484 g/mol. The molecule has 1 aliphatic heterocycles. The molecule has 4 N–H and O–H groups in total. The van der Waals surface area contributed by atoms with E-state index in [1.807, 2.05) is 36.4 Å². The predicted octanol–water partition coefficient (Wildman–Crippen LogP) is 4.44. The van der Waals surface area contributed by atoms with Gasteiger partial charge in [-0.25, -0.2) is 4.98 Å². The second-order valence-corrected chi connectivity index (χ2v) is 8.47. The molecule has 0 aliphatic carbocycles. The molecule has 0 radical (unpaired) electrons. The third kappa shape index (κ3) is 4.47. The van der Waals surface area contributed by atoms with E-state index in [0.717, 1.165) is 5.56 Å². The summed E-state index contributed by atoms with van der Waals surface area (Å²) in [7, 11) is 0. The molecule has 174 valence electrons. The van der Waals surface area contributed by atoms with E-state index in [9.17, 15) is 14.7 Å². The average molecular weight is 485 g/mol. The number of nitrogens with zero attached hydrogens (tertiary/aromatic N) is 1. The minimum absolute atomic E-state index is 0.247. The summed E-state index contributed by atoms with van der Waals surface area (Å²) in [4.78, 5) is 33.7. The molecule has 0 saturated carbocycles. The van der Waals surface area contributed by atoms with Crippen LogP contribution in [0.25, 0.3) is 11.1 Å². The number of fused-ring (bicyclic) bond motifs is 1. The molecule has 1 aromatic heterocycles. The van der Waals surface area contributed by atoms with E-state index in [0.29, 0.717) is 44.4 Å². The highest BCUT2D eigenvalue weighted by Gasteiger charge is 2.31. The summed E-state index contributed by atoms with van der Waals surface area (Å²) in [5.41, 5.74) is 3.99. The van der Waals surface area contributed by atoms with Gasteiger partial charge in [0.15, 0.2) is 0 Å². The number of halogens is 1. The zero-order valence-corrected chi connectivity index (χ0v) is 19.2. The smallest absolute Gasteiger partial charge is 0.257 e. The van der Waals surface area contributed by atoms with Gasteiger partial charge in [-0.2, -0.15) is 0 Å². The number of H-pyrrole nitrogens is 1. The number of aromatic amines is 1. The van der Waals surface area contributed by atoms with Crippen LogP contribution >= 0.6 is 11.6 Å². The van der Waals surface area contributed by atoms with Crippen LogP contribution in [0.15, 0.2) is 85.2 Å². The van der Waals surface area contributed by atoms with Gasteiger partial charge in [0.2, 0.25) is 0 Å². The first kappa shape index (κ1) is 22.6. The number of hydrogen-bond acceptors (Lipinski definition) is 4. The van der Waals surface area contributed by atoms with Gasteiger partial charge in [0.25, 0.3) is 11.8 Å². The standard InChI is InChI=1S/C27H21ClN4O3/c28-19-8-4-7-17(13-19)23(25-29-11-12-30-25)24-20-14-18(9-10-21(20)31-27(24)35)26(34)32-22(15-33)16-5-2-1-3-6-16/h1-14,22,33H,15H2,(H,29,30)(H,31,35)(H,32,34)/b24-23-/t22-/m1/s1. The van der Waals surface area contributed by atoms with Crippen molar-refractivity contribution >= 4 is 40.2 Å². The molecule has 0 bridgehead atoms. The lowest BCUT2D eigenvalue weighted by atomic mass is 9.93. The topological polar surface area (TPSA) is 107 Å². The van der Waals surface area contributed by atoms with E-state index in [1.165, 1.54) is 0 Å². The summed E-state index contributed by atoms with van der Waals surface area (Å²) in [6.45, 7) is -0.247. The van der Waals surface area contributed by atoms with Gasteiger partial charge in [-0.1, -0.05) is 54.1 Å². The number of amides is 2. The quantitative estimate of drug-likeness (QED) is 0.303. The molecule has 2 heterocycles. The summed E-state index contributed by atoms with van der Waals surface area (Å²) < 4.78 is 0. The molecule has 8 heteroatoms. The number of aliphatic hydroxyl groups is 1. The molecule has 2 amide bonds. The Kier molecular flexibility index (Phi) is 6.18. The summed E-state index contributed by atoms with van der Waals surface area (Å²) in [5, 5.41) is 16.1. The maximum Gasteiger partial charge on any atom is 0.257 e. The molecule has 4 aromatic rings. The number of nitrogens with one attached hydrogen (secondary N) is 3. The zero-order chi connectivity index (χ0) is 24.4. The van der Waals surface area contributed by atoms with Crippen molar-refractivity contribution < 1.29 is 14.7 Å². The van der Waals surface area contributed by atoms with Crippen LogP contribution in [0.4, 0.5) is 5.69 Å². The van der Waals surface area contributed by atoms with Crippen LogP contribution in [0, 0.1) is 0 Å². The van der Waals surface area contributed by atoms with Gasteiger partial charge in [-0.3, -0.25) is 9.59 Å². The molecule has 1 atom stereocenters. The first-order valence-electron chi connectivity index (χ1n) is 11.0. The van der Waals surface area contributed by atoms with Crippen LogP contribution in [-0.2, 0) is 4.79 Å². The third-order valence-electron chi connectivity index (χ3n) is 5.81. The highest BCUT2D eigenvalue weighted by molar-refractivity contribution is 6.38. The number of aromatic nitrogens is 2. The van der Waals surface area contributed by atoms with Crippen molar-refractivity contribution in [3.63, 3.8) is 0 Å². The van der Waals surface area contributed by atoms with Gasteiger partial charge in [-0.05, 0) is 41.5 Å². The lowest BCUT2D eigenvalue weighted by molar-refractivity contribution is -0.110. The van der Waals surface area contributed by atoms with Crippen molar-refractivity contribution in [2.24, 2.45) is 0 Å². The second kappa shape index (κ2) is 9.58. The number of imidazole rings is 1. The Balaban J connectivity index is 1.58. The molecule has 7 nitrogen and oxygen atoms in total. The SMILES string of the molecule is O=C1Nc2ccc(C(=O)N[C@H](CO)c3ccccc3)cc2/C1=C(\c1cccc(Cl)c1)c1ncc[nH]1. The number of hydrogen-bond donors (Lipinski definition) is 4. The van der Waals surface area contributed by atoms with Crippen LogP contribution in [0.1, 0.15) is 38.9 Å². The van der Waals surface area contributed by atoms with Gasteiger partial charge in [0.05, 0.1) is 18.2 Å². The van der Waals surface area contributed by atoms with Crippen molar-refractivity contribution in [1.82, 2.24) is 15.3 Å². The van der Waals surface area contributed by atoms with Crippen molar-refractivity contribution in [2.45, 2.75) is 6.04 Å². The number of rotatable bonds is 6. The fourth-order valence-electron chi connectivity index (χ4n) is 4.16. The Hall–Kier alpha value is -4.20. The summed E-state index contributed by atoms with van der Waals surface area (Å²) >= 11 is 6.25. The van der Waals surface area contributed by atoms with Gasteiger partial charge in [0, 0.05) is 39.8 Å². The third-order valence-corrected chi connectivity index (χ3v) is 6.05. The molecular weight excluding hydrogens is 464 g/mol. The Morgan fingerprint density at radius 2 is 1.86 bits per heavy atom. The zero-order valence-electron chi connectivity index (χ0n) is 18.5. The van der Waals surface area contributed by atoms with Crippen LogP contribution in [0.2, 0.25) is 5.02 Å². The molecule has 0 fully saturated rings. The molecular formula is C27H21ClN4O3. The van der Waals surface area contributed by atoms with E-state index in [4.69, 9.17) is 11.6 Å². The fourth-order valence-corrected chi connectivity index (χ4v) is 4.35. The minimum atomic E-state index is -0.558. The minimum Gasteiger partial charge on any atom is -0.394 e. The van der Waals surface area contributed by atoms with Crippen LogP contribution in [0.5, 0.6) is 0 Å². The number of carbonyl (C=O) groups is 2. The van der Waals surface area contributed by atoms with Crippen LogP contribution in [-0.4, -0.2) is 33.5 Å². The number of benzene rings is 3. The summed E-state index contributed by atoms with van der Waals surface area (Å²) in [6, 6.07) is 20.9. The van der Waals surface area contributed by atoms with E-state index in [1.54, 1.807) is 48.8 Å². The van der Waals surface area contributed by atoms with Crippen LogP contribution < -0.4 is 10.6 Å². The van der Waals surface area contributed by atoms with Crippen molar-refractivity contribution in [3.05, 3.63) is 118 Å². The summed E-state index contributed by atoms with van der Waals surface area (Å²) in [5.74, 6) is -0.164. The molecule has 1 aliphatic rings. The van der Waals surface area contributed by atoms with E-state index in [-0.39, 0.29) is 18.4 Å². The Labute approximate surface area is 206 Å². The Morgan fingerprint density at radius 1 is 1.03 bits per heavy atom. The number of carbonyl (C=O) groups excluding carboxylic acids is 2. The van der Waals surface area contributed by atoms with Gasteiger partial charge in [0.1, 0.15) is 5.82 Å². The highest BCUT2D eigenvalue weighted by atomic mass is 35.5. The normalized spacial score (nSPS) is 14.7. The maximum atomic E-state index is 13.1. The van der Waals surface area contributed by atoms with E-state index < -0.39 is 6.04 Å².